The molecule has 1 amide bonds. The Balaban J connectivity index is 1.71. The Morgan fingerprint density at radius 3 is 2.61 bits per heavy atom. The molecule has 0 aromatic heterocycles. The number of carbonyl (C=O) groups is 1. The number of hydrogen-bond donors (Lipinski definition) is 0. The number of benzene rings is 2. The number of hydrazone groups is 1. The molecule has 0 saturated carbocycles. The molecule has 2 aliphatic heterocycles. The molecule has 2 aliphatic rings. The van der Waals surface area contributed by atoms with Crippen molar-refractivity contribution in [3.05, 3.63) is 58.7 Å². The molecular formula is C27H35N3O3. The zero-order chi connectivity index (χ0) is 23.5. The molecule has 176 valence electrons. The van der Waals surface area contributed by atoms with Gasteiger partial charge in [0.2, 0.25) is 0 Å². The second-order valence-corrected chi connectivity index (χ2v) is 9.25. The number of nitrogens with zero attached hydrogens (tertiary/aromatic N) is 3. The predicted octanol–water partition coefficient (Wildman–Crippen LogP) is 4.87. The van der Waals surface area contributed by atoms with Gasteiger partial charge in [0.05, 0.1) is 32.5 Å². The first-order chi connectivity index (χ1) is 15.9. The summed E-state index contributed by atoms with van der Waals surface area (Å²) in [6.07, 6.45) is 4.14. The van der Waals surface area contributed by atoms with Crippen LogP contribution < -0.4 is 9.47 Å². The van der Waals surface area contributed by atoms with Crippen molar-refractivity contribution in [3.63, 3.8) is 0 Å². The number of piperidine rings is 1. The standard InChI is InChI=1S/C27H35N3O3/c1-18-9-11-22(19(2)14-18)24-16-25(23-15-21(32-4)10-12-26(23)33-5)30(28-24)27(31)17-29-13-7-6-8-20(29)3/h9-12,14-15,20,25H,6-8,13,16-17H2,1-5H3. The molecule has 2 unspecified atom stereocenters. The highest BCUT2D eigenvalue weighted by molar-refractivity contribution is 6.04. The lowest BCUT2D eigenvalue weighted by Gasteiger charge is -2.34. The molecule has 2 aromatic rings. The van der Waals surface area contributed by atoms with Crippen molar-refractivity contribution in [2.24, 2.45) is 5.10 Å². The van der Waals surface area contributed by atoms with Crippen LogP contribution in [-0.2, 0) is 4.79 Å². The average molecular weight is 450 g/mol. The van der Waals surface area contributed by atoms with E-state index in [1.165, 1.54) is 17.5 Å². The molecule has 2 atom stereocenters. The summed E-state index contributed by atoms with van der Waals surface area (Å²) in [5, 5.41) is 6.59. The quantitative estimate of drug-likeness (QED) is 0.631. The number of hydrogen-bond acceptors (Lipinski definition) is 5. The van der Waals surface area contributed by atoms with E-state index in [0.717, 1.165) is 47.7 Å². The van der Waals surface area contributed by atoms with Crippen LogP contribution in [0.5, 0.6) is 11.5 Å². The SMILES string of the molecule is COc1ccc(OC)c(C2CC(c3ccc(C)cc3C)=NN2C(=O)CN2CCCCC2C)c1. The summed E-state index contributed by atoms with van der Waals surface area (Å²) in [6, 6.07) is 12.3. The molecule has 6 nitrogen and oxygen atoms in total. The van der Waals surface area contributed by atoms with Crippen LogP contribution >= 0.6 is 0 Å². The van der Waals surface area contributed by atoms with Gasteiger partial charge in [-0.1, -0.05) is 30.2 Å². The van der Waals surface area contributed by atoms with E-state index in [9.17, 15) is 4.79 Å². The Morgan fingerprint density at radius 2 is 1.91 bits per heavy atom. The van der Waals surface area contributed by atoms with Crippen LogP contribution in [0.3, 0.4) is 0 Å². The Morgan fingerprint density at radius 1 is 1.09 bits per heavy atom. The first-order valence-electron chi connectivity index (χ1n) is 11.8. The van der Waals surface area contributed by atoms with E-state index in [0.29, 0.717) is 19.0 Å². The van der Waals surface area contributed by atoms with Gasteiger partial charge >= 0.3 is 0 Å². The van der Waals surface area contributed by atoms with Crippen LogP contribution in [0.15, 0.2) is 41.5 Å². The van der Waals surface area contributed by atoms with Gasteiger partial charge in [0.25, 0.3) is 5.91 Å². The lowest BCUT2D eigenvalue weighted by molar-refractivity contribution is -0.135. The van der Waals surface area contributed by atoms with Gasteiger partial charge < -0.3 is 9.47 Å². The second kappa shape index (κ2) is 9.96. The zero-order valence-electron chi connectivity index (χ0n) is 20.4. The predicted molar refractivity (Wildman–Crippen MR) is 131 cm³/mol. The minimum Gasteiger partial charge on any atom is -0.497 e. The lowest BCUT2D eigenvalue weighted by Crippen LogP contribution is -2.44. The van der Waals surface area contributed by atoms with Gasteiger partial charge in [-0.15, -0.1) is 0 Å². The fourth-order valence-corrected chi connectivity index (χ4v) is 5.02. The topological polar surface area (TPSA) is 54.4 Å². The zero-order valence-corrected chi connectivity index (χ0v) is 20.4. The molecule has 2 aromatic carbocycles. The van der Waals surface area contributed by atoms with Crippen molar-refractivity contribution in [1.29, 1.82) is 0 Å². The number of methoxy groups -OCH3 is 2. The molecule has 4 rings (SSSR count). The number of amides is 1. The van der Waals surface area contributed by atoms with Crippen molar-refractivity contribution in [1.82, 2.24) is 9.91 Å². The number of likely N-dealkylation sites (tertiary alicyclic amines) is 1. The first-order valence-corrected chi connectivity index (χ1v) is 11.8. The molecule has 0 radical (unpaired) electrons. The lowest BCUT2D eigenvalue weighted by atomic mass is 9.94. The monoisotopic (exact) mass is 449 g/mol. The summed E-state index contributed by atoms with van der Waals surface area (Å²) in [4.78, 5) is 15.9. The molecule has 0 spiro atoms. The molecule has 33 heavy (non-hydrogen) atoms. The number of rotatable bonds is 6. The highest BCUT2D eigenvalue weighted by atomic mass is 16.5. The van der Waals surface area contributed by atoms with Crippen LogP contribution in [0.1, 0.15) is 60.9 Å². The fraction of sp³-hybridized carbons (Fsp3) is 0.481. The van der Waals surface area contributed by atoms with Crippen LogP contribution in [0.2, 0.25) is 0 Å². The maximum Gasteiger partial charge on any atom is 0.257 e. The normalized spacial score (nSPS) is 21.1. The summed E-state index contributed by atoms with van der Waals surface area (Å²) >= 11 is 0. The molecule has 1 fully saturated rings. The van der Waals surface area contributed by atoms with Gasteiger partial charge in [0, 0.05) is 23.6 Å². The maximum absolute atomic E-state index is 13.6. The fourth-order valence-electron chi connectivity index (χ4n) is 5.02. The highest BCUT2D eigenvalue weighted by Crippen LogP contribution is 2.40. The van der Waals surface area contributed by atoms with Crippen molar-refractivity contribution in [2.45, 2.75) is 58.5 Å². The van der Waals surface area contributed by atoms with E-state index in [4.69, 9.17) is 14.6 Å². The van der Waals surface area contributed by atoms with Gasteiger partial charge in [-0.3, -0.25) is 9.69 Å². The molecule has 1 saturated heterocycles. The third-order valence-electron chi connectivity index (χ3n) is 6.93. The van der Waals surface area contributed by atoms with Gasteiger partial charge in [0.15, 0.2) is 0 Å². The van der Waals surface area contributed by atoms with E-state index in [2.05, 4.69) is 43.9 Å². The molecule has 0 aliphatic carbocycles. The Hall–Kier alpha value is -2.86. The summed E-state index contributed by atoms with van der Waals surface area (Å²) < 4.78 is 11.2. The Kier molecular flexibility index (Phi) is 7.03. The molecule has 6 heteroatoms. The summed E-state index contributed by atoms with van der Waals surface area (Å²) in [5.41, 5.74) is 5.33. The molecule has 0 N–H and O–H groups in total. The number of ether oxygens (including phenoxy) is 2. The Labute approximate surface area is 197 Å². The van der Waals surface area contributed by atoms with E-state index < -0.39 is 0 Å². The van der Waals surface area contributed by atoms with Gasteiger partial charge in [-0.2, -0.15) is 5.10 Å². The van der Waals surface area contributed by atoms with Gasteiger partial charge in [-0.05, 0) is 63.9 Å². The average Bonchev–Trinajstić information content (AvgIpc) is 3.25. The van der Waals surface area contributed by atoms with Gasteiger partial charge in [0.1, 0.15) is 11.5 Å². The second-order valence-electron chi connectivity index (χ2n) is 9.25. The van der Waals surface area contributed by atoms with E-state index in [1.54, 1.807) is 19.2 Å². The first kappa shape index (κ1) is 23.3. The van der Waals surface area contributed by atoms with Crippen LogP contribution in [0, 0.1) is 13.8 Å². The summed E-state index contributed by atoms with van der Waals surface area (Å²) in [7, 11) is 3.31. The van der Waals surface area contributed by atoms with Crippen molar-refractivity contribution in [3.8, 4) is 11.5 Å². The maximum atomic E-state index is 13.6. The molecule has 2 heterocycles. The van der Waals surface area contributed by atoms with Crippen molar-refractivity contribution < 1.29 is 14.3 Å². The number of carbonyl (C=O) groups excluding carboxylic acids is 1. The summed E-state index contributed by atoms with van der Waals surface area (Å²) in [5.74, 6) is 1.50. The third-order valence-corrected chi connectivity index (χ3v) is 6.93. The van der Waals surface area contributed by atoms with E-state index in [1.807, 2.05) is 18.2 Å². The smallest absolute Gasteiger partial charge is 0.257 e. The number of aryl methyl sites for hydroxylation is 2. The van der Waals surface area contributed by atoms with Crippen LogP contribution in [0.4, 0.5) is 0 Å². The van der Waals surface area contributed by atoms with Gasteiger partial charge in [-0.25, -0.2) is 5.01 Å². The van der Waals surface area contributed by atoms with Crippen LogP contribution in [-0.4, -0.2) is 54.9 Å². The van der Waals surface area contributed by atoms with Crippen molar-refractivity contribution >= 4 is 11.6 Å². The van der Waals surface area contributed by atoms with Crippen LogP contribution in [0.25, 0.3) is 0 Å². The van der Waals surface area contributed by atoms with E-state index >= 15 is 0 Å². The minimum absolute atomic E-state index is 0.0263. The Bertz CT molecular complexity index is 1050. The van der Waals surface area contributed by atoms with Crippen molar-refractivity contribution in [2.75, 3.05) is 27.3 Å². The third kappa shape index (κ3) is 4.91. The molecule has 0 bridgehead atoms. The molecular weight excluding hydrogens is 414 g/mol. The highest BCUT2D eigenvalue weighted by Gasteiger charge is 2.36. The minimum atomic E-state index is -0.238. The largest absolute Gasteiger partial charge is 0.497 e. The van der Waals surface area contributed by atoms with E-state index in [-0.39, 0.29) is 11.9 Å². The summed E-state index contributed by atoms with van der Waals surface area (Å²) in [6.45, 7) is 7.75.